The molecule has 0 saturated carbocycles. The van der Waals surface area contributed by atoms with Crippen molar-refractivity contribution in [3.8, 4) is 0 Å². The molecule has 0 radical (unpaired) electrons. The molecule has 0 aliphatic rings. The van der Waals surface area contributed by atoms with Gasteiger partial charge in [-0.1, -0.05) is 17.8 Å². The summed E-state index contributed by atoms with van der Waals surface area (Å²) >= 11 is 1.16. The molecule has 4 N–H and O–H groups in total. The van der Waals surface area contributed by atoms with Gasteiger partial charge in [-0.3, -0.25) is 19.1 Å². The number of imidazole rings is 1. The van der Waals surface area contributed by atoms with E-state index in [2.05, 4.69) is 15.0 Å². The van der Waals surface area contributed by atoms with E-state index in [1.54, 1.807) is 0 Å². The SMILES string of the molecule is COCCn1c(N)c(C(=O)CSc2nc3ccc(C)cc3[nH]2)c(=O)[nH]c1=O. The lowest BCUT2D eigenvalue weighted by atomic mass is 10.2. The van der Waals surface area contributed by atoms with Crippen molar-refractivity contribution in [2.75, 3.05) is 25.2 Å². The molecule has 2 aromatic heterocycles. The van der Waals surface area contributed by atoms with Gasteiger partial charge < -0.3 is 15.5 Å². The third-order valence-electron chi connectivity index (χ3n) is 3.99. The van der Waals surface area contributed by atoms with Crippen molar-refractivity contribution in [1.29, 1.82) is 0 Å². The summed E-state index contributed by atoms with van der Waals surface area (Å²) in [4.78, 5) is 46.2. The van der Waals surface area contributed by atoms with Gasteiger partial charge in [0.2, 0.25) is 0 Å². The molecule has 9 nitrogen and oxygen atoms in total. The number of ketones is 1. The van der Waals surface area contributed by atoms with Crippen LogP contribution in [0.5, 0.6) is 0 Å². The van der Waals surface area contributed by atoms with Crippen molar-refractivity contribution < 1.29 is 9.53 Å². The number of fused-ring (bicyclic) bond motifs is 1. The molecule has 0 fully saturated rings. The van der Waals surface area contributed by atoms with Crippen molar-refractivity contribution in [3.05, 3.63) is 50.2 Å². The first-order valence-corrected chi connectivity index (χ1v) is 9.13. The number of rotatable bonds is 7. The number of nitrogens with zero attached hydrogens (tertiary/aromatic N) is 2. The number of nitrogen functional groups attached to an aromatic ring is 1. The summed E-state index contributed by atoms with van der Waals surface area (Å²) in [5.41, 5.74) is 6.96. The zero-order valence-corrected chi connectivity index (χ0v) is 15.7. The molecule has 0 amide bonds. The van der Waals surface area contributed by atoms with Gasteiger partial charge >= 0.3 is 5.69 Å². The van der Waals surface area contributed by atoms with Crippen molar-refractivity contribution in [2.24, 2.45) is 0 Å². The van der Waals surface area contributed by atoms with E-state index in [4.69, 9.17) is 10.5 Å². The van der Waals surface area contributed by atoms with E-state index in [1.807, 2.05) is 25.1 Å². The molecule has 0 unspecified atom stereocenters. The molecule has 0 saturated heterocycles. The van der Waals surface area contributed by atoms with Gasteiger partial charge in [-0.2, -0.15) is 0 Å². The van der Waals surface area contributed by atoms with Crippen molar-refractivity contribution in [2.45, 2.75) is 18.6 Å². The highest BCUT2D eigenvalue weighted by Crippen LogP contribution is 2.21. The van der Waals surface area contributed by atoms with Crippen LogP contribution in [0, 0.1) is 6.92 Å². The zero-order valence-electron chi connectivity index (χ0n) is 14.9. The fourth-order valence-electron chi connectivity index (χ4n) is 2.64. The average molecular weight is 389 g/mol. The topological polar surface area (TPSA) is 136 Å². The number of ether oxygens (including phenoxy) is 1. The monoisotopic (exact) mass is 389 g/mol. The average Bonchev–Trinajstić information content (AvgIpc) is 3.01. The Hall–Kier alpha value is -2.85. The first kappa shape index (κ1) is 18.9. The minimum absolute atomic E-state index is 0.0471. The number of aromatic amines is 2. The summed E-state index contributed by atoms with van der Waals surface area (Å²) in [7, 11) is 1.48. The van der Waals surface area contributed by atoms with E-state index in [0.717, 1.165) is 32.9 Å². The Bertz CT molecular complexity index is 1110. The summed E-state index contributed by atoms with van der Waals surface area (Å²) in [5, 5.41) is 0.562. The third-order valence-corrected chi connectivity index (χ3v) is 4.87. The van der Waals surface area contributed by atoms with Gasteiger partial charge in [0.05, 0.1) is 29.9 Å². The van der Waals surface area contributed by atoms with Gasteiger partial charge in [-0.15, -0.1) is 0 Å². The first-order chi connectivity index (χ1) is 12.9. The quantitative estimate of drug-likeness (QED) is 0.404. The van der Waals surface area contributed by atoms with Crippen molar-refractivity contribution in [3.63, 3.8) is 0 Å². The summed E-state index contributed by atoms with van der Waals surface area (Å²) in [6, 6.07) is 5.80. The molecule has 0 spiro atoms. The second-order valence-corrected chi connectivity index (χ2v) is 6.90. The molecule has 0 aliphatic heterocycles. The number of benzene rings is 1. The van der Waals surface area contributed by atoms with Crippen LogP contribution in [0.25, 0.3) is 11.0 Å². The molecule has 2 heterocycles. The number of methoxy groups -OCH3 is 1. The maximum atomic E-state index is 12.6. The lowest BCUT2D eigenvalue weighted by Gasteiger charge is -2.11. The number of hydrogen-bond donors (Lipinski definition) is 3. The van der Waals surface area contributed by atoms with Crippen LogP contribution in [0.2, 0.25) is 0 Å². The number of nitrogens with one attached hydrogen (secondary N) is 2. The van der Waals surface area contributed by atoms with Crippen LogP contribution in [0.1, 0.15) is 15.9 Å². The third kappa shape index (κ3) is 3.96. The summed E-state index contributed by atoms with van der Waals surface area (Å²) in [6.07, 6.45) is 0. The molecule has 1 aromatic carbocycles. The highest BCUT2D eigenvalue weighted by atomic mass is 32.2. The number of aromatic nitrogens is 4. The Morgan fingerprint density at radius 2 is 2.11 bits per heavy atom. The van der Waals surface area contributed by atoms with E-state index in [0.29, 0.717) is 5.16 Å². The maximum Gasteiger partial charge on any atom is 0.330 e. The molecular formula is C17H19N5O4S. The Kier molecular flexibility index (Phi) is 5.47. The zero-order chi connectivity index (χ0) is 19.6. The molecule has 10 heteroatoms. The van der Waals surface area contributed by atoms with Gasteiger partial charge in [-0.25, -0.2) is 9.78 Å². The van der Waals surface area contributed by atoms with Gasteiger partial charge in [0.15, 0.2) is 10.9 Å². The minimum atomic E-state index is -0.794. The number of H-pyrrole nitrogens is 2. The lowest BCUT2D eigenvalue weighted by molar-refractivity contribution is 0.102. The van der Waals surface area contributed by atoms with Crippen LogP contribution in [0.15, 0.2) is 32.9 Å². The Morgan fingerprint density at radius 1 is 1.33 bits per heavy atom. The van der Waals surface area contributed by atoms with Gasteiger partial charge in [0.25, 0.3) is 5.56 Å². The number of Topliss-reactive ketones (excluding diaryl/α,β-unsaturated/α-hetero) is 1. The Morgan fingerprint density at radius 3 is 2.85 bits per heavy atom. The number of aryl methyl sites for hydroxylation is 1. The largest absolute Gasteiger partial charge is 0.384 e. The van der Waals surface area contributed by atoms with Crippen LogP contribution in [-0.2, 0) is 11.3 Å². The second kappa shape index (κ2) is 7.80. The standard InChI is InChI=1S/C17H19N5O4S/c1-9-3-4-10-11(7-9)20-16(19-10)27-8-12(23)13-14(18)22(5-6-26-2)17(25)21-15(13)24/h3-4,7H,5-6,8,18H2,1-2H3,(H,19,20)(H,21,24,25). The number of nitrogens with two attached hydrogens (primary N) is 1. The summed E-state index contributed by atoms with van der Waals surface area (Å²) in [6.45, 7) is 2.33. The number of carbonyl (C=O) groups is 1. The molecule has 27 heavy (non-hydrogen) atoms. The molecule has 0 bridgehead atoms. The first-order valence-electron chi connectivity index (χ1n) is 8.14. The van der Waals surface area contributed by atoms with Crippen LogP contribution in [-0.4, -0.2) is 44.8 Å². The predicted molar refractivity (Wildman–Crippen MR) is 103 cm³/mol. The Labute approximate surface area is 157 Å². The normalized spacial score (nSPS) is 11.2. The van der Waals surface area contributed by atoms with E-state index in [-0.39, 0.29) is 30.3 Å². The van der Waals surface area contributed by atoms with Crippen molar-refractivity contribution >= 4 is 34.4 Å². The number of anilines is 1. The Balaban J connectivity index is 1.82. The molecule has 0 atom stereocenters. The number of thioether (sulfide) groups is 1. The molecule has 0 aliphatic carbocycles. The van der Waals surface area contributed by atoms with Gasteiger partial charge in [-0.05, 0) is 24.6 Å². The van der Waals surface area contributed by atoms with E-state index in [1.165, 1.54) is 7.11 Å². The molecule has 3 aromatic rings. The van der Waals surface area contributed by atoms with Crippen LogP contribution in [0.4, 0.5) is 5.82 Å². The number of carbonyl (C=O) groups excluding carboxylic acids is 1. The smallest absolute Gasteiger partial charge is 0.330 e. The van der Waals surface area contributed by atoms with Crippen LogP contribution in [0.3, 0.4) is 0 Å². The number of hydrogen-bond acceptors (Lipinski definition) is 7. The lowest BCUT2D eigenvalue weighted by Crippen LogP contribution is -2.37. The van der Waals surface area contributed by atoms with Gasteiger partial charge in [0.1, 0.15) is 11.4 Å². The fraction of sp³-hybridized carbons (Fsp3) is 0.294. The van der Waals surface area contributed by atoms with E-state index >= 15 is 0 Å². The highest BCUT2D eigenvalue weighted by molar-refractivity contribution is 7.99. The fourth-order valence-corrected chi connectivity index (χ4v) is 3.39. The minimum Gasteiger partial charge on any atom is -0.384 e. The van der Waals surface area contributed by atoms with E-state index in [9.17, 15) is 14.4 Å². The highest BCUT2D eigenvalue weighted by Gasteiger charge is 2.20. The second-order valence-electron chi connectivity index (χ2n) is 5.94. The van der Waals surface area contributed by atoms with Crippen LogP contribution < -0.4 is 17.0 Å². The summed E-state index contributed by atoms with van der Waals surface area (Å²) in [5.74, 6) is -0.692. The molecular weight excluding hydrogens is 370 g/mol. The van der Waals surface area contributed by atoms with Crippen molar-refractivity contribution in [1.82, 2.24) is 19.5 Å². The predicted octanol–water partition coefficient (Wildman–Crippen LogP) is 0.925. The van der Waals surface area contributed by atoms with E-state index < -0.39 is 17.0 Å². The molecule has 142 valence electrons. The molecule has 3 rings (SSSR count). The summed E-state index contributed by atoms with van der Waals surface area (Å²) < 4.78 is 6.04. The van der Waals surface area contributed by atoms with Gasteiger partial charge in [0, 0.05) is 7.11 Å². The maximum absolute atomic E-state index is 12.6. The van der Waals surface area contributed by atoms with Crippen LogP contribution >= 0.6 is 11.8 Å².